The van der Waals surface area contributed by atoms with Crippen LogP contribution in [0.15, 0.2) is 30.6 Å². The minimum atomic E-state index is -0.872. The van der Waals surface area contributed by atoms with Crippen LogP contribution in [0.3, 0.4) is 0 Å². The van der Waals surface area contributed by atoms with Crippen molar-refractivity contribution in [1.29, 1.82) is 0 Å². The predicted octanol–water partition coefficient (Wildman–Crippen LogP) is 1.47. The van der Waals surface area contributed by atoms with Crippen LogP contribution in [0.1, 0.15) is 38.2 Å². The molecule has 1 saturated heterocycles. The number of ether oxygens (including phenoxy) is 2. The molecule has 174 valence electrons. The molecule has 2 aromatic heterocycles. The number of anilines is 1. The van der Waals surface area contributed by atoms with Crippen LogP contribution in [0.4, 0.5) is 11.6 Å². The SMILES string of the molecule is CC(=O)Nc1nc(OC(C)c2ccccc2[N+](=O)[O-])c2ncn([C@H]3C[C@H](O)[C@@H](CO)O3)c2n1. The van der Waals surface area contributed by atoms with Gasteiger partial charge in [-0.3, -0.25) is 24.8 Å². The summed E-state index contributed by atoms with van der Waals surface area (Å²) < 4.78 is 13.2. The second-order valence-electron chi connectivity index (χ2n) is 7.55. The summed E-state index contributed by atoms with van der Waals surface area (Å²) >= 11 is 0. The van der Waals surface area contributed by atoms with E-state index in [0.29, 0.717) is 5.56 Å². The summed E-state index contributed by atoms with van der Waals surface area (Å²) in [7, 11) is 0. The van der Waals surface area contributed by atoms with Crippen molar-refractivity contribution in [2.24, 2.45) is 0 Å². The molecule has 4 atom stereocenters. The number of imidazole rings is 1. The fraction of sp³-hybridized carbons (Fsp3) is 0.400. The first-order valence-electron chi connectivity index (χ1n) is 10.1. The number of aliphatic hydroxyl groups is 2. The summed E-state index contributed by atoms with van der Waals surface area (Å²) in [6, 6.07) is 6.18. The van der Waals surface area contributed by atoms with E-state index in [2.05, 4.69) is 20.3 Å². The lowest BCUT2D eigenvalue weighted by Gasteiger charge is -2.16. The van der Waals surface area contributed by atoms with Gasteiger partial charge in [-0.25, -0.2) is 4.98 Å². The largest absolute Gasteiger partial charge is 0.468 e. The minimum absolute atomic E-state index is 0.00500. The smallest absolute Gasteiger partial charge is 0.276 e. The highest BCUT2D eigenvalue weighted by Crippen LogP contribution is 2.35. The van der Waals surface area contributed by atoms with E-state index in [1.165, 1.54) is 19.3 Å². The van der Waals surface area contributed by atoms with Crippen LogP contribution in [0.2, 0.25) is 0 Å². The number of nitrogens with one attached hydrogen (secondary N) is 1. The second-order valence-corrected chi connectivity index (χ2v) is 7.55. The van der Waals surface area contributed by atoms with Crippen molar-refractivity contribution in [3.8, 4) is 5.88 Å². The first kappa shape index (κ1) is 22.5. The predicted molar refractivity (Wildman–Crippen MR) is 113 cm³/mol. The normalized spacial score (nSPS) is 21.2. The standard InChI is InChI=1S/C20H22N6O7/c1-10(12-5-3-4-6-13(12)26(30)31)32-19-17-18(23-20(24-19)22-11(2)28)25(9-21-17)16-7-14(29)15(8-27)33-16/h3-6,9-10,14-16,27,29H,7-8H2,1-2H3,(H,22,23,24,28)/t10?,14-,15+,16+/m0/s1. The Labute approximate surface area is 187 Å². The molecule has 13 nitrogen and oxygen atoms in total. The molecule has 1 aromatic carbocycles. The molecule has 1 aliphatic rings. The van der Waals surface area contributed by atoms with E-state index in [4.69, 9.17) is 9.47 Å². The summed E-state index contributed by atoms with van der Waals surface area (Å²) in [6.45, 7) is 2.58. The van der Waals surface area contributed by atoms with Gasteiger partial charge in [0.2, 0.25) is 17.7 Å². The maximum Gasteiger partial charge on any atom is 0.276 e. The van der Waals surface area contributed by atoms with E-state index < -0.39 is 35.4 Å². The molecule has 0 saturated carbocycles. The Kier molecular flexibility index (Phi) is 6.18. The number of hydrogen-bond donors (Lipinski definition) is 3. The van der Waals surface area contributed by atoms with E-state index in [0.717, 1.165) is 0 Å². The van der Waals surface area contributed by atoms with Crippen molar-refractivity contribution in [2.45, 2.75) is 44.8 Å². The van der Waals surface area contributed by atoms with Gasteiger partial charge >= 0.3 is 0 Å². The van der Waals surface area contributed by atoms with Gasteiger partial charge in [-0.15, -0.1) is 0 Å². The number of carbonyl (C=O) groups excluding carboxylic acids is 1. The molecule has 3 heterocycles. The van der Waals surface area contributed by atoms with Gasteiger partial charge in [-0.2, -0.15) is 9.97 Å². The van der Waals surface area contributed by atoms with E-state index in [-0.39, 0.29) is 41.7 Å². The lowest BCUT2D eigenvalue weighted by atomic mass is 10.1. The average Bonchev–Trinajstić information content (AvgIpc) is 3.36. The molecule has 4 rings (SSSR count). The van der Waals surface area contributed by atoms with Crippen LogP contribution in [0, 0.1) is 10.1 Å². The lowest BCUT2D eigenvalue weighted by molar-refractivity contribution is -0.386. The zero-order valence-corrected chi connectivity index (χ0v) is 17.8. The van der Waals surface area contributed by atoms with Gasteiger partial charge in [0.1, 0.15) is 18.4 Å². The number of fused-ring (bicyclic) bond motifs is 1. The molecule has 1 aliphatic heterocycles. The zero-order chi connectivity index (χ0) is 23.7. The number of amides is 1. The monoisotopic (exact) mass is 458 g/mol. The number of benzene rings is 1. The summed E-state index contributed by atoms with van der Waals surface area (Å²) in [5.74, 6) is -0.463. The van der Waals surface area contributed by atoms with Crippen molar-refractivity contribution < 1.29 is 29.4 Å². The number of hydrogen-bond acceptors (Lipinski definition) is 10. The number of para-hydroxylation sites is 1. The maximum atomic E-state index is 11.6. The van der Waals surface area contributed by atoms with Crippen LogP contribution in [-0.4, -0.2) is 59.4 Å². The number of carbonyl (C=O) groups is 1. The Bertz CT molecular complexity index is 1200. The van der Waals surface area contributed by atoms with E-state index in [1.54, 1.807) is 29.7 Å². The number of nitro groups is 1. The van der Waals surface area contributed by atoms with Crippen molar-refractivity contribution >= 4 is 28.7 Å². The summed E-state index contributed by atoms with van der Waals surface area (Å²) in [6.07, 6.45) is -1.44. The van der Waals surface area contributed by atoms with Crippen LogP contribution in [-0.2, 0) is 9.53 Å². The molecule has 0 aliphatic carbocycles. The third kappa shape index (κ3) is 4.46. The molecule has 3 N–H and O–H groups in total. The zero-order valence-electron chi connectivity index (χ0n) is 17.8. The van der Waals surface area contributed by atoms with Crippen LogP contribution >= 0.6 is 0 Å². The third-order valence-electron chi connectivity index (χ3n) is 5.23. The highest BCUT2D eigenvalue weighted by atomic mass is 16.6. The average molecular weight is 458 g/mol. The summed E-state index contributed by atoms with van der Waals surface area (Å²) in [5.41, 5.74) is 0.725. The highest BCUT2D eigenvalue weighted by Gasteiger charge is 2.36. The molecule has 3 aromatic rings. The molecule has 1 amide bonds. The minimum Gasteiger partial charge on any atom is -0.468 e. The molecule has 0 radical (unpaired) electrons. The van der Waals surface area contributed by atoms with Gasteiger partial charge in [0, 0.05) is 19.4 Å². The lowest BCUT2D eigenvalue weighted by Crippen LogP contribution is -2.24. The Morgan fingerprint density at radius 2 is 2.18 bits per heavy atom. The Morgan fingerprint density at radius 1 is 1.42 bits per heavy atom. The van der Waals surface area contributed by atoms with Gasteiger partial charge < -0.3 is 19.7 Å². The van der Waals surface area contributed by atoms with Crippen LogP contribution in [0.5, 0.6) is 5.88 Å². The van der Waals surface area contributed by atoms with Crippen LogP contribution in [0.25, 0.3) is 11.2 Å². The number of aliphatic hydroxyl groups excluding tert-OH is 2. The number of nitrogens with zero attached hydrogens (tertiary/aromatic N) is 5. The molecule has 1 unspecified atom stereocenters. The maximum absolute atomic E-state index is 11.6. The molecule has 33 heavy (non-hydrogen) atoms. The highest BCUT2D eigenvalue weighted by molar-refractivity contribution is 5.88. The summed E-state index contributed by atoms with van der Waals surface area (Å²) in [4.78, 5) is 35.4. The second kappa shape index (κ2) is 9.05. The third-order valence-corrected chi connectivity index (χ3v) is 5.23. The number of rotatable bonds is 7. The van der Waals surface area contributed by atoms with Gasteiger partial charge in [0.15, 0.2) is 11.2 Å². The van der Waals surface area contributed by atoms with E-state index in [9.17, 15) is 25.1 Å². The Balaban J connectivity index is 1.74. The summed E-state index contributed by atoms with van der Waals surface area (Å²) in [5, 5.41) is 33.4. The van der Waals surface area contributed by atoms with E-state index >= 15 is 0 Å². The van der Waals surface area contributed by atoms with Crippen molar-refractivity contribution in [1.82, 2.24) is 19.5 Å². The van der Waals surface area contributed by atoms with Crippen LogP contribution < -0.4 is 10.1 Å². The molecule has 1 fully saturated rings. The number of aromatic nitrogens is 4. The molecule has 13 heteroatoms. The molecule has 0 bridgehead atoms. The quantitative estimate of drug-likeness (QED) is 0.347. The fourth-order valence-electron chi connectivity index (χ4n) is 3.68. The first-order chi connectivity index (χ1) is 15.8. The van der Waals surface area contributed by atoms with Gasteiger partial charge in [0.25, 0.3) is 5.69 Å². The van der Waals surface area contributed by atoms with Gasteiger partial charge in [-0.05, 0) is 13.0 Å². The van der Waals surface area contributed by atoms with Crippen molar-refractivity contribution in [3.63, 3.8) is 0 Å². The first-order valence-corrected chi connectivity index (χ1v) is 10.1. The van der Waals surface area contributed by atoms with Gasteiger partial charge in [0.05, 0.1) is 29.5 Å². The Hall–Kier alpha value is -3.68. The molecular formula is C20H22N6O7. The molecule has 0 spiro atoms. The van der Waals surface area contributed by atoms with E-state index in [1.807, 2.05) is 0 Å². The Morgan fingerprint density at radius 3 is 2.85 bits per heavy atom. The van der Waals surface area contributed by atoms with Crippen molar-refractivity contribution in [2.75, 3.05) is 11.9 Å². The molecular weight excluding hydrogens is 436 g/mol. The number of nitro benzene ring substituents is 1. The van der Waals surface area contributed by atoms with Gasteiger partial charge in [-0.1, -0.05) is 12.1 Å². The topological polar surface area (TPSA) is 175 Å². The van der Waals surface area contributed by atoms with Crippen molar-refractivity contribution in [3.05, 3.63) is 46.3 Å². The fourth-order valence-corrected chi connectivity index (χ4v) is 3.68.